The zero-order valence-corrected chi connectivity index (χ0v) is 17.0. The summed E-state index contributed by atoms with van der Waals surface area (Å²) in [6.45, 7) is 1.82. The first-order valence-electron chi connectivity index (χ1n) is 8.35. The number of hydrogen-bond acceptors (Lipinski definition) is 6. The van der Waals surface area contributed by atoms with Crippen LogP contribution in [0.2, 0.25) is 10.0 Å². The van der Waals surface area contributed by atoms with Gasteiger partial charge in [-0.25, -0.2) is 15.0 Å². The fraction of sp³-hybridized carbons (Fsp3) is 0.158. The predicted molar refractivity (Wildman–Crippen MR) is 113 cm³/mol. The van der Waals surface area contributed by atoms with Crippen molar-refractivity contribution in [3.8, 4) is 0 Å². The van der Waals surface area contributed by atoms with Crippen molar-refractivity contribution < 1.29 is 4.79 Å². The van der Waals surface area contributed by atoms with E-state index in [0.29, 0.717) is 23.1 Å². The molecule has 3 aromatic rings. The van der Waals surface area contributed by atoms with E-state index in [0.717, 1.165) is 5.82 Å². The first-order chi connectivity index (χ1) is 13.3. The van der Waals surface area contributed by atoms with Gasteiger partial charge in [0.1, 0.15) is 23.3 Å². The highest BCUT2D eigenvalue weighted by Crippen LogP contribution is 2.26. The molecule has 0 unspecified atom stereocenters. The molecule has 3 rings (SSSR count). The third kappa shape index (κ3) is 4.68. The van der Waals surface area contributed by atoms with Crippen LogP contribution in [-0.2, 0) is 0 Å². The van der Waals surface area contributed by atoms with E-state index in [2.05, 4.69) is 25.6 Å². The summed E-state index contributed by atoms with van der Waals surface area (Å²) in [5.74, 6) is 2.12. The van der Waals surface area contributed by atoms with Gasteiger partial charge in [-0.15, -0.1) is 0 Å². The average molecular weight is 417 g/mol. The lowest BCUT2D eigenvalue weighted by molar-refractivity contribution is 0.102. The Hall–Kier alpha value is -2.90. The van der Waals surface area contributed by atoms with Crippen molar-refractivity contribution in [3.63, 3.8) is 0 Å². The summed E-state index contributed by atoms with van der Waals surface area (Å²) in [6, 6.07) is 10.1. The predicted octanol–water partition coefficient (Wildman–Crippen LogP) is 4.55. The van der Waals surface area contributed by atoms with E-state index in [-0.39, 0.29) is 15.6 Å². The molecule has 1 amide bonds. The second-order valence-electron chi connectivity index (χ2n) is 6.16. The van der Waals surface area contributed by atoms with Crippen molar-refractivity contribution in [2.45, 2.75) is 6.92 Å². The van der Waals surface area contributed by atoms with Crippen LogP contribution in [-0.4, -0.2) is 35.0 Å². The molecule has 2 N–H and O–H groups in total. The van der Waals surface area contributed by atoms with E-state index in [9.17, 15) is 4.79 Å². The van der Waals surface area contributed by atoms with Gasteiger partial charge in [-0.1, -0.05) is 29.3 Å². The molecule has 0 fully saturated rings. The molecule has 9 heteroatoms. The smallest absolute Gasteiger partial charge is 0.258 e. The van der Waals surface area contributed by atoms with E-state index in [1.807, 2.05) is 32.0 Å². The maximum absolute atomic E-state index is 12.5. The molecule has 0 radical (unpaired) electrons. The number of carbonyl (C=O) groups is 1. The second-order valence-corrected chi connectivity index (χ2v) is 6.97. The Balaban J connectivity index is 1.80. The van der Waals surface area contributed by atoms with E-state index in [1.165, 1.54) is 0 Å². The summed E-state index contributed by atoms with van der Waals surface area (Å²) in [4.78, 5) is 27.4. The van der Waals surface area contributed by atoms with Crippen LogP contribution in [0.5, 0.6) is 0 Å². The maximum Gasteiger partial charge on any atom is 0.258 e. The molecule has 1 aromatic carbocycles. The molecule has 144 valence electrons. The molecule has 0 saturated carbocycles. The number of aryl methyl sites for hydroxylation is 1. The van der Waals surface area contributed by atoms with Crippen molar-refractivity contribution in [2.24, 2.45) is 0 Å². The van der Waals surface area contributed by atoms with Crippen molar-refractivity contribution in [1.29, 1.82) is 0 Å². The lowest BCUT2D eigenvalue weighted by Gasteiger charge is -2.14. The van der Waals surface area contributed by atoms with Gasteiger partial charge >= 0.3 is 0 Å². The average Bonchev–Trinajstić information content (AvgIpc) is 2.61. The molecular formula is C19H18Cl2N6O. The highest BCUT2D eigenvalue weighted by molar-refractivity contribution is 6.40. The third-order valence-electron chi connectivity index (χ3n) is 3.75. The van der Waals surface area contributed by atoms with Crippen LogP contribution in [0.15, 0.2) is 42.6 Å². The lowest BCUT2D eigenvalue weighted by atomic mass is 10.2. The number of aromatic nitrogens is 3. The molecule has 28 heavy (non-hydrogen) atoms. The van der Waals surface area contributed by atoms with Crippen LogP contribution in [0.1, 0.15) is 16.2 Å². The number of pyridine rings is 1. The monoisotopic (exact) mass is 416 g/mol. The molecule has 2 heterocycles. The van der Waals surface area contributed by atoms with Crippen molar-refractivity contribution in [1.82, 2.24) is 15.0 Å². The van der Waals surface area contributed by atoms with E-state index in [1.54, 1.807) is 36.5 Å². The summed E-state index contributed by atoms with van der Waals surface area (Å²) in [7, 11) is 3.81. The Kier molecular flexibility index (Phi) is 5.96. The maximum atomic E-state index is 12.5. The SMILES string of the molecule is Cc1nc(Nc2cc(NC(=O)c3c(Cl)cccc3Cl)ccn2)cc(N(C)C)n1. The van der Waals surface area contributed by atoms with Crippen LogP contribution in [0.25, 0.3) is 0 Å². The summed E-state index contributed by atoms with van der Waals surface area (Å²) in [6.07, 6.45) is 1.58. The minimum absolute atomic E-state index is 0.221. The van der Waals surface area contributed by atoms with Gasteiger partial charge in [0, 0.05) is 38.1 Å². The Morgan fingerprint density at radius 3 is 2.43 bits per heavy atom. The minimum atomic E-state index is -0.402. The highest BCUT2D eigenvalue weighted by atomic mass is 35.5. The van der Waals surface area contributed by atoms with E-state index < -0.39 is 5.91 Å². The number of anilines is 4. The molecule has 0 aliphatic heterocycles. The molecule has 0 atom stereocenters. The number of benzene rings is 1. The van der Waals surface area contributed by atoms with Gasteiger partial charge in [-0.2, -0.15) is 0 Å². The first kappa shape index (κ1) is 19.9. The molecular weight excluding hydrogens is 399 g/mol. The van der Waals surface area contributed by atoms with Gasteiger partial charge in [-0.05, 0) is 25.1 Å². The van der Waals surface area contributed by atoms with Crippen molar-refractivity contribution >= 4 is 52.3 Å². The highest BCUT2D eigenvalue weighted by Gasteiger charge is 2.15. The van der Waals surface area contributed by atoms with Gasteiger partial charge in [0.25, 0.3) is 5.91 Å². The largest absolute Gasteiger partial charge is 0.363 e. The zero-order valence-electron chi connectivity index (χ0n) is 15.5. The number of rotatable bonds is 5. The van der Waals surface area contributed by atoms with Crippen LogP contribution < -0.4 is 15.5 Å². The molecule has 0 saturated heterocycles. The van der Waals surface area contributed by atoms with Gasteiger partial charge in [-0.3, -0.25) is 4.79 Å². The van der Waals surface area contributed by atoms with Crippen molar-refractivity contribution in [2.75, 3.05) is 29.6 Å². The number of halogens is 2. The summed E-state index contributed by atoms with van der Waals surface area (Å²) >= 11 is 12.2. The number of nitrogens with one attached hydrogen (secondary N) is 2. The van der Waals surface area contributed by atoms with Crippen LogP contribution in [0.3, 0.4) is 0 Å². The van der Waals surface area contributed by atoms with Crippen molar-refractivity contribution in [3.05, 3.63) is 64.0 Å². The Bertz CT molecular complexity index is 1000. The number of nitrogens with zero attached hydrogens (tertiary/aromatic N) is 4. The first-order valence-corrected chi connectivity index (χ1v) is 9.10. The molecule has 0 aliphatic carbocycles. The molecule has 0 bridgehead atoms. The van der Waals surface area contributed by atoms with Crippen LogP contribution in [0, 0.1) is 6.92 Å². The van der Waals surface area contributed by atoms with Gasteiger partial charge in [0.2, 0.25) is 0 Å². The molecule has 0 spiro atoms. The number of carbonyl (C=O) groups excluding carboxylic acids is 1. The van der Waals surface area contributed by atoms with Gasteiger partial charge in [0.05, 0.1) is 15.6 Å². The topological polar surface area (TPSA) is 83.0 Å². The Morgan fingerprint density at radius 1 is 1.04 bits per heavy atom. The number of amides is 1. The lowest BCUT2D eigenvalue weighted by Crippen LogP contribution is -2.14. The third-order valence-corrected chi connectivity index (χ3v) is 4.38. The summed E-state index contributed by atoms with van der Waals surface area (Å²) < 4.78 is 0. The zero-order chi connectivity index (χ0) is 20.3. The minimum Gasteiger partial charge on any atom is -0.363 e. The Labute approximate surface area is 172 Å². The quantitative estimate of drug-likeness (QED) is 0.634. The molecule has 0 aliphatic rings. The molecule has 2 aromatic heterocycles. The molecule has 7 nitrogen and oxygen atoms in total. The summed E-state index contributed by atoms with van der Waals surface area (Å²) in [5, 5.41) is 6.47. The van der Waals surface area contributed by atoms with E-state index in [4.69, 9.17) is 23.2 Å². The van der Waals surface area contributed by atoms with Crippen LogP contribution in [0.4, 0.5) is 23.1 Å². The van der Waals surface area contributed by atoms with Crippen LogP contribution >= 0.6 is 23.2 Å². The standard InChI is InChI=1S/C19H18Cl2N6O/c1-11-23-16(10-17(24-11)27(2)3)26-15-9-12(7-8-22-15)25-19(28)18-13(20)5-4-6-14(18)21/h4-10H,1-3H3,(H2,22,23,24,25,26,28). The fourth-order valence-electron chi connectivity index (χ4n) is 2.46. The number of hydrogen-bond donors (Lipinski definition) is 2. The summed E-state index contributed by atoms with van der Waals surface area (Å²) in [5.41, 5.74) is 0.760. The normalized spacial score (nSPS) is 10.5. The Morgan fingerprint density at radius 2 is 1.75 bits per heavy atom. The second kappa shape index (κ2) is 8.41. The van der Waals surface area contributed by atoms with Gasteiger partial charge in [0.15, 0.2) is 0 Å². The van der Waals surface area contributed by atoms with E-state index >= 15 is 0 Å². The fourth-order valence-corrected chi connectivity index (χ4v) is 3.03. The van der Waals surface area contributed by atoms with Gasteiger partial charge < -0.3 is 15.5 Å².